The molecule has 1 amide bonds. The molecule has 0 atom stereocenters. The van der Waals surface area contributed by atoms with Crippen LogP contribution in [0, 0.1) is 0 Å². The van der Waals surface area contributed by atoms with Gasteiger partial charge in [-0.2, -0.15) is 0 Å². The number of benzene rings is 1. The summed E-state index contributed by atoms with van der Waals surface area (Å²) >= 11 is 1.13. The van der Waals surface area contributed by atoms with Gasteiger partial charge in [0.15, 0.2) is 11.5 Å². The quantitative estimate of drug-likeness (QED) is 0.670. The standard InChI is InChI=1S/C19H21N3O5S/c1-21-17(24)12-10-15(28-18(12)22(2)19(21)25)16(23)20-8-7-11-5-6-13(26-3)14(9-11)27-4/h5-6,9-10H,7-8H2,1-4H3,(H,20,23). The number of carbonyl (C=O) groups is 1. The number of amides is 1. The van der Waals surface area contributed by atoms with Crippen LogP contribution in [0.3, 0.4) is 0 Å². The van der Waals surface area contributed by atoms with Gasteiger partial charge in [-0.1, -0.05) is 6.07 Å². The van der Waals surface area contributed by atoms with Crippen molar-refractivity contribution in [1.29, 1.82) is 0 Å². The van der Waals surface area contributed by atoms with Crippen molar-refractivity contribution in [2.24, 2.45) is 14.1 Å². The Morgan fingerprint density at radius 2 is 1.79 bits per heavy atom. The van der Waals surface area contributed by atoms with Crippen molar-refractivity contribution in [3.05, 3.63) is 55.5 Å². The van der Waals surface area contributed by atoms with Gasteiger partial charge >= 0.3 is 5.69 Å². The summed E-state index contributed by atoms with van der Waals surface area (Å²) in [5.74, 6) is 0.997. The number of ether oxygens (including phenoxy) is 2. The molecule has 0 saturated heterocycles. The van der Waals surface area contributed by atoms with Gasteiger partial charge in [-0.15, -0.1) is 11.3 Å². The molecular formula is C19H21N3O5S. The van der Waals surface area contributed by atoms with E-state index in [1.807, 2.05) is 18.2 Å². The van der Waals surface area contributed by atoms with E-state index in [4.69, 9.17) is 9.47 Å². The molecule has 3 rings (SSSR count). The highest BCUT2D eigenvalue weighted by Crippen LogP contribution is 2.27. The highest BCUT2D eigenvalue weighted by molar-refractivity contribution is 7.20. The number of hydrogen-bond acceptors (Lipinski definition) is 6. The van der Waals surface area contributed by atoms with Crippen molar-refractivity contribution in [1.82, 2.24) is 14.5 Å². The number of carbonyl (C=O) groups excluding carboxylic acids is 1. The minimum atomic E-state index is -0.417. The van der Waals surface area contributed by atoms with Crippen LogP contribution in [0.25, 0.3) is 10.2 Å². The van der Waals surface area contributed by atoms with Crippen molar-refractivity contribution in [3.8, 4) is 11.5 Å². The first kappa shape index (κ1) is 19.7. The SMILES string of the molecule is COc1ccc(CCNC(=O)c2cc3c(=O)n(C)c(=O)n(C)c3s2)cc1OC. The first-order chi connectivity index (χ1) is 13.4. The number of rotatable bonds is 6. The van der Waals surface area contributed by atoms with Gasteiger partial charge in [-0.3, -0.25) is 18.7 Å². The zero-order valence-electron chi connectivity index (χ0n) is 16.1. The zero-order chi connectivity index (χ0) is 20.4. The fourth-order valence-corrected chi connectivity index (χ4v) is 3.94. The number of nitrogens with one attached hydrogen (secondary N) is 1. The van der Waals surface area contributed by atoms with E-state index in [1.54, 1.807) is 21.3 Å². The van der Waals surface area contributed by atoms with E-state index >= 15 is 0 Å². The minimum absolute atomic E-state index is 0.281. The van der Waals surface area contributed by atoms with Crippen LogP contribution in [0.2, 0.25) is 0 Å². The number of thiophene rings is 1. The number of fused-ring (bicyclic) bond motifs is 1. The molecule has 0 saturated carbocycles. The van der Waals surface area contributed by atoms with Gasteiger partial charge in [-0.25, -0.2) is 4.79 Å². The fourth-order valence-electron chi connectivity index (χ4n) is 2.92. The van der Waals surface area contributed by atoms with Crippen LogP contribution < -0.4 is 26.0 Å². The highest BCUT2D eigenvalue weighted by atomic mass is 32.1. The molecule has 1 N–H and O–H groups in total. The molecule has 28 heavy (non-hydrogen) atoms. The van der Waals surface area contributed by atoms with Crippen LogP contribution in [-0.2, 0) is 20.5 Å². The van der Waals surface area contributed by atoms with Crippen LogP contribution in [0.1, 0.15) is 15.2 Å². The Labute approximate surface area is 164 Å². The molecule has 0 aliphatic heterocycles. The summed E-state index contributed by atoms with van der Waals surface area (Å²) in [5, 5.41) is 3.21. The summed E-state index contributed by atoms with van der Waals surface area (Å²) in [6.07, 6.45) is 0.608. The lowest BCUT2D eigenvalue weighted by atomic mass is 10.1. The third kappa shape index (κ3) is 3.53. The van der Waals surface area contributed by atoms with E-state index in [1.165, 1.54) is 17.7 Å². The van der Waals surface area contributed by atoms with Crippen molar-refractivity contribution in [3.63, 3.8) is 0 Å². The zero-order valence-corrected chi connectivity index (χ0v) is 16.9. The summed E-state index contributed by atoms with van der Waals surface area (Å²) < 4.78 is 12.9. The van der Waals surface area contributed by atoms with Crippen molar-refractivity contribution >= 4 is 27.5 Å². The third-order valence-corrected chi connectivity index (χ3v) is 5.71. The third-order valence-electron chi connectivity index (χ3n) is 4.50. The predicted octanol–water partition coefficient (Wildman–Crippen LogP) is 1.29. The summed E-state index contributed by atoms with van der Waals surface area (Å²) in [5.41, 5.74) is 0.170. The molecule has 0 bridgehead atoms. The van der Waals surface area contributed by atoms with Gasteiger partial charge < -0.3 is 14.8 Å². The Morgan fingerprint density at radius 3 is 2.46 bits per heavy atom. The molecule has 0 fully saturated rings. The maximum atomic E-state index is 12.5. The minimum Gasteiger partial charge on any atom is -0.493 e. The molecule has 2 heterocycles. The van der Waals surface area contributed by atoms with Gasteiger partial charge in [0.05, 0.1) is 24.5 Å². The molecule has 148 valence electrons. The van der Waals surface area contributed by atoms with E-state index in [-0.39, 0.29) is 5.91 Å². The first-order valence-corrected chi connectivity index (χ1v) is 9.37. The summed E-state index contributed by atoms with van der Waals surface area (Å²) in [6.45, 7) is 0.416. The van der Waals surface area contributed by atoms with Gasteiger partial charge in [0, 0.05) is 20.6 Å². The largest absolute Gasteiger partial charge is 0.493 e. The topological polar surface area (TPSA) is 91.6 Å². The Morgan fingerprint density at radius 1 is 1.07 bits per heavy atom. The molecule has 0 spiro atoms. The Kier molecular flexibility index (Phi) is 5.55. The number of aromatic nitrogens is 2. The maximum absolute atomic E-state index is 12.5. The van der Waals surface area contributed by atoms with E-state index < -0.39 is 11.2 Å². The lowest BCUT2D eigenvalue weighted by Gasteiger charge is -2.10. The second-order valence-corrected chi connectivity index (χ2v) is 7.26. The van der Waals surface area contributed by atoms with E-state index in [2.05, 4.69) is 5.32 Å². The Hall–Kier alpha value is -3.07. The molecule has 0 radical (unpaired) electrons. The first-order valence-electron chi connectivity index (χ1n) is 8.56. The van der Waals surface area contributed by atoms with Crippen LogP contribution in [0.5, 0.6) is 11.5 Å². The van der Waals surface area contributed by atoms with Crippen LogP contribution in [0.15, 0.2) is 33.9 Å². The van der Waals surface area contributed by atoms with Crippen molar-refractivity contribution < 1.29 is 14.3 Å². The number of aryl methyl sites for hydroxylation is 1. The molecule has 2 aromatic heterocycles. The monoisotopic (exact) mass is 403 g/mol. The smallest absolute Gasteiger partial charge is 0.331 e. The Bertz CT molecular complexity index is 1160. The van der Waals surface area contributed by atoms with E-state index in [0.717, 1.165) is 21.5 Å². The molecule has 8 nitrogen and oxygen atoms in total. The number of hydrogen-bond donors (Lipinski definition) is 1. The summed E-state index contributed by atoms with van der Waals surface area (Å²) in [4.78, 5) is 37.6. The van der Waals surface area contributed by atoms with Crippen LogP contribution >= 0.6 is 11.3 Å². The molecule has 0 aliphatic rings. The average Bonchev–Trinajstić information content (AvgIpc) is 3.16. The summed E-state index contributed by atoms with van der Waals surface area (Å²) in [6, 6.07) is 7.13. The molecule has 9 heteroatoms. The van der Waals surface area contributed by atoms with E-state index in [9.17, 15) is 14.4 Å². The maximum Gasteiger partial charge on any atom is 0.331 e. The van der Waals surface area contributed by atoms with Crippen LogP contribution in [0.4, 0.5) is 0 Å². The average molecular weight is 403 g/mol. The Balaban J connectivity index is 1.74. The lowest BCUT2D eigenvalue weighted by molar-refractivity contribution is 0.0958. The van der Waals surface area contributed by atoms with Gasteiger partial charge in [0.1, 0.15) is 4.83 Å². The normalized spacial score (nSPS) is 10.9. The molecule has 0 aliphatic carbocycles. The lowest BCUT2D eigenvalue weighted by Crippen LogP contribution is -2.36. The second-order valence-electron chi connectivity index (χ2n) is 6.23. The molecule has 3 aromatic rings. The fraction of sp³-hybridized carbons (Fsp3) is 0.316. The second kappa shape index (κ2) is 7.89. The molecule has 1 aromatic carbocycles. The predicted molar refractivity (Wildman–Crippen MR) is 108 cm³/mol. The molecule has 0 unspecified atom stereocenters. The number of nitrogens with zero attached hydrogens (tertiary/aromatic N) is 2. The van der Waals surface area contributed by atoms with Crippen molar-refractivity contribution in [2.75, 3.05) is 20.8 Å². The molecular weight excluding hydrogens is 382 g/mol. The van der Waals surface area contributed by atoms with Crippen molar-refractivity contribution in [2.45, 2.75) is 6.42 Å². The van der Waals surface area contributed by atoms with Gasteiger partial charge in [0.2, 0.25) is 0 Å². The summed E-state index contributed by atoms with van der Waals surface area (Å²) in [7, 11) is 6.15. The van der Waals surface area contributed by atoms with E-state index in [0.29, 0.717) is 39.6 Å². The number of methoxy groups -OCH3 is 2. The highest BCUT2D eigenvalue weighted by Gasteiger charge is 2.16. The van der Waals surface area contributed by atoms with Crippen LogP contribution in [-0.4, -0.2) is 35.8 Å². The van der Waals surface area contributed by atoms with Gasteiger partial charge in [0.25, 0.3) is 11.5 Å². The van der Waals surface area contributed by atoms with Gasteiger partial charge in [-0.05, 0) is 30.2 Å².